The smallest absolute Gasteiger partial charge is 0.230 e. The van der Waals surface area contributed by atoms with Gasteiger partial charge >= 0.3 is 0 Å². The summed E-state index contributed by atoms with van der Waals surface area (Å²) in [5.74, 6) is 2.07. The summed E-state index contributed by atoms with van der Waals surface area (Å²) < 4.78 is 5.14. The maximum absolute atomic E-state index is 5.14. The van der Waals surface area contributed by atoms with Crippen LogP contribution in [-0.4, -0.2) is 34.6 Å². The number of rotatable bonds is 5. The number of nitrogens with zero attached hydrogens (tertiary/aromatic N) is 4. The van der Waals surface area contributed by atoms with Crippen LogP contribution in [0.2, 0.25) is 0 Å². The number of hydrogen-bond donors (Lipinski definition) is 1. The van der Waals surface area contributed by atoms with Gasteiger partial charge in [-0.15, -0.1) is 0 Å². The maximum Gasteiger partial charge on any atom is 0.230 e. The molecule has 0 saturated carbocycles. The predicted octanol–water partition coefficient (Wildman–Crippen LogP) is 2.94. The van der Waals surface area contributed by atoms with Crippen LogP contribution < -0.4 is 10.2 Å². The molecule has 0 atom stereocenters. The van der Waals surface area contributed by atoms with Gasteiger partial charge in [0.2, 0.25) is 11.9 Å². The van der Waals surface area contributed by atoms with E-state index >= 15 is 0 Å². The lowest BCUT2D eigenvalue weighted by molar-refractivity contribution is 0.566. The molecule has 112 valence electrons. The average molecular weight is 287 g/mol. The van der Waals surface area contributed by atoms with Gasteiger partial charge in [-0.3, -0.25) is 0 Å². The van der Waals surface area contributed by atoms with Gasteiger partial charge in [-0.2, -0.15) is 15.0 Å². The van der Waals surface area contributed by atoms with E-state index in [1.165, 1.54) is 19.3 Å². The molecular weight excluding hydrogens is 266 g/mol. The Kier molecular flexibility index (Phi) is 4.33. The molecule has 6 heteroatoms. The molecule has 1 saturated heterocycles. The molecule has 1 aliphatic rings. The van der Waals surface area contributed by atoms with Gasteiger partial charge in [0.05, 0.1) is 11.8 Å². The molecular formula is C15H21N5O. The maximum atomic E-state index is 5.14. The van der Waals surface area contributed by atoms with E-state index in [0.29, 0.717) is 11.8 Å². The van der Waals surface area contributed by atoms with Crippen LogP contribution in [0.1, 0.15) is 32.6 Å². The summed E-state index contributed by atoms with van der Waals surface area (Å²) in [6.07, 6.45) is 8.02. The van der Waals surface area contributed by atoms with Gasteiger partial charge in [-0.05, 0) is 31.7 Å². The lowest BCUT2D eigenvalue weighted by atomic mass is 10.1. The molecule has 3 heterocycles. The zero-order chi connectivity index (χ0) is 14.5. The molecule has 1 fully saturated rings. The zero-order valence-corrected chi connectivity index (χ0v) is 12.4. The largest absolute Gasteiger partial charge is 0.472 e. The van der Waals surface area contributed by atoms with Crippen molar-refractivity contribution >= 4 is 11.9 Å². The van der Waals surface area contributed by atoms with Crippen LogP contribution in [-0.2, 0) is 0 Å². The second kappa shape index (κ2) is 6.56. The molecule has 3 rings (SSSR count). The highest BCUT2D eigenvalue weighted by Gasteiger charge is 2.17. The van der Waals surface area contributed by atoms with Crippen LogP contribution in [0.4, 0.5) is 11.9 Å². The van der Waals surface area contributed by atoms with Gasteiger partial charge in [-0.25, -0.2) is 0 Å². The Morgan fingerprint density at radius 1 is 1.19 bits per heavy atom. The molecule has 6 nitrogen and oxygen atoms in total. The third kappa shape index (κ3) is 3.32. The van der Waals surface area contributed by atoms with Crippen molar-refractivity contribution in [2.75, 3.05) is 29.9 Å². The van der Waals surface area contributed by atoms with Crippen molar-refractivity contribution < 1.29 is 4.42 Å². The van der Waals surface area contributed by atoms with E-state index in [1.54, 1.807) is 12.5 Å². The minimum atomic E-state index is 0.642. The molecule has 0 amide bonds. The van der Waals surface area contributed by atoms with Gasteiger partial charge in [0.15, 0.2) is 5.82 Å². The Morgan fingerprint density at radius 2 is 2.05 bits per heavy atom. The number of piperidine rings is 1. The van der Waals surface area contributed by atoms with Crippen molar-refractivity contribution in [3.63, 3.8) is 0 Å². The highest BCUT2D eigenvalue weighted by molar-refractivity contribution is 5.56. The SMILES string of the molecule is CCCNc1nc(-c2ccoc2)nc(N2CCCCC2)n1. The summed E-state index contributed by atoms with van der Waals surface area (Å²) >= 11 is 0. The third-order valence-electron chi connectivity index (χ3n) is 3.58. The van der Waals surface area contributed by atoms with Crippen molar-refractivity contribution in [2.45, 2.75) is 32.6 Å². The summed E-state index contributed by atoms with van der Waals surface area (Å²) in [7, 11) is 0. The lowest BCUT2D eigenvalue weighted by Crippen LogP contribution is -2.31. The van der Waals surface area contributed by atoms with Crippen LogP contribution in [0.3, 0.4) is 0 Å². The third-order valence-corrected chi connectivity index (χ3v) is 3.58. The molecule has 0 unspecified atom stereocenters. The van der Waals surface area contributed by atoms with Crippen molar-refractivity contribution in [3.8, 4) is 11.4 Å². The second-order valence-corrected chi connectivity index (χ2v) is 5.27. The summed E-state index contributed by atoms with van der Waals surface area (Å²) in [5.41, 5.74) is 0.884. The Bertz CT molecular complexity index is 563. The van der Waals surface area contributed by atoms with Gasteiger partial charge in [0.1, 0.15) is 6.26 Å². The molecule has 1 aliphatic heterocycles. The predicted molar refractivity (Wildman–Crippen MR) is 82.4 cm³/mol. The highest BCUT2D eigenvalue weighted by atomic mass is 16.3. The highest BCUT2D eigenvalue weighted by Crippen LogP contribution is 2.22. The number of anilines is 2. The van der Waals surface area contributed by atoms with E-state index in [1.807, 2.05) is 6.07 Å². The Hall–Kier alpha value is -2.11. The zero-order valence-electron chi connectivity index (χ0n) is 12.4. The van der Waals surface area contributed by atoms with Crippen LogP contribution in [0.15, 0.2) is 23.0 Å². The molecule has 0 aromatic carbocycles. The summed E-state index contributed by atoms with van der Waals surface area (Å²) in [4.78, 5) is 15.9. The monoisotopic (exact) mass is 287 g/mol. The van der Waals surface area contributed by atoms with Gasteiger partial charge in [0, 0.05) is 19.6 Å². The molecule has 1 N–H and O–H groups in total. The first-order chi connectivity index (χ1) is 10.4. The molecule has 2 aromatic rings. The summed E-state index contributed by atoms with van der Waals surface area (Å²) in [6.45, 7) is 5.01. The van der Waals surface area contributed by atoms with Crippen molar-refractivity contribution in [2.24, 2.45) is 0 Å². The molecule has 0 spiro atoms. The van der Waals surface area contributed by atoms with Crippen LogP contribution in [0.25, 0.3) is 11.4 Å². The first-order valence-electron chi connectivity index (χ1n) is 7.64. The van der Waals surface area contributed by atoms with Crippen molar-refractivity contribution in [3.05, 3.63) is 18.6 Å². The minimum absolute atomic E-state index is 0.642. The number of nitrogens with one attached hydrogen (secondary N) is 1. The number of furan rings is 1. The number of aromatic nitrogens is 3. The molecule has 0 bridgehead atoms. The second-order valence-electron chi connectivity index (χ2n) is 5.27. The van der Waals surface area contributed by atoms with E-state index in [0.717, 1.165) is 37.6 Å². The fourth-order valence-corrected chi connectivity index (χ4v) is 2.44. The standard InChI is InChI=1S/C15H21N5O/c1-2-7-16-14-17-13(12-6-10-21-11-12)18-15(19-14)20-8-4-3-5-9-20/h6,10-11H,2-5,7-9H2,1H3,(H,16,17,18,19). The Labute approximate surface area is 124 Å². The van der Waals surface area contributed by atoms with Crippen molar-refractivity contribution in [1.82, 2.24) is 15.0 Å². The molecule has 0 radical (unpaired) electrons. The van der Waals surface area contributed by atoms with Gasteiger partial charge < -0.3 is 14.6 Å². The average Bonchev–Trinajstić information content (AvgIpc) is 3.08. The lowest BCUT2D eigenvalue weighted by Gasteiger charge is -2.26. The Morgan fingerprint density at radius 3 is 2.76 bits per heavy atom. The first-order valence-corrected chi connectivity index (χ1v) is 7.64. The van der Waals surface area contributed by atoms with Crippen LogP contribution in [0, 0.1) is 0 Å². The van der Waals surface area contributed by atoms with E-state index in [9.17, 15) is 0 Å². The first kappa shape index (κ1) is 13.9. The van der Waals surface area contributed by atoms with Gasteiger partial charge in [-0.1, -0.05) is 6.92 Å². The van der Waals surface area contributed by atoms with Gasteiger partial charge in [0.25, 0.3) is 0 Å². The molecule has 0 aliphatic carbocycles. The van der Waals surface area contributed by atoms with E-state index in [-0.39, 0.29) is 0 Å². The van der Waals surface area contributed by atoms with E-state index < -0.39 is 0 Å². The summed E-state index contributed by atoms with van der Waals surface area (Å²) in [5, 5.41) is 3.26. The van der Waals surface area contributed by atoms with Crippen molar-refractivity contribution in [1.29, 1.82) is 0 Å². The quantitative estimate of drug-likeness (QED) is 0.912. The normalized spacial score (nSPS) is 15.2. The van der Waals surface area contributed by atoms with E-state index in [4.69, 9.17) is 4.42 Å². The fourth-order valence-electron chi connectivity index (χ4n) is 2.44. The van der Waals surface area contributed by atoms with Crippen LogP contribution >= 0.6 is 0 Å². The summed E-state index contributed by atoms with van der Waals surface area (Å²) in [6, 6.07) is 1.87. The fraction of sp³-hybridized carbons (Fsp3) is 0.533. The Balaban J connectivity index is 1.92. The van der Waals surface area contributed by atoms with Crippen LogP contribution in [0.5, 0.6) is 0 Å². The number of hydrogen-bond acceptors (Lipinski definition) is 6. The topological polar surface area (TPSA) is 67.1 Å². The minimum Gasteiger partial charge on any atom is -0.472 e. The van der Waals surface area contributed by atoms with E-state index in [2.05, 4.69) is 32.1 Å². The molecule has 21 heavy (non-hydrogen) atoms. The molecule has 2 aromatic heterocycles.